The summed E-state index contributed by atoms with van der Waals surface area (Å²) in [6.07, 6.45) is 6.97. The van der Waals surface area contributed by atoms with Crippen LogP contribution in [-0.4, -0.2) is 34.1 Å². The molecule has 0 spiro atoms. The van der Waals surface area contributed by atoms with Crippen LogP contribution in [0.25, 0.3) is 0 Å². The number of aliphatic carboxylic acids is 1. The maximum absolute atomic E-state index is 12.2. The first-order valence-electron chi connectivity index (χ1n) is 12.3. The molecule has 0 bridgehead atoms. The maximum atomic E-state index is 12.2. The van der Waals surface area contributed by atoms with Crippen molar-refractivity contribution in [1.29, 1.82) is 0 Å². The lowest BCUT2D eigenvalue weighted by molar-refractivity contribution is -0.139. The van der Waals surface area contributed by atoms with Crippen molar-refractivity contribution in [3.8, 4) is 0 Å². The van der Waals surface area contributed by atoms with Gasteiger partial charge in [0.25, 0.3) is 0 Å². The van der Waals surface area contributed by atoms with Crippen molar-refractivity contribution in [2.24, 2.45) is 0 Å². The average molecular weight is 484 g/mol. The molecule has 5 N–H and O–H groups in total. The lowest BCUT2D eigenvalue weighted by atomic mass is 10.0. The maximum Gasteiger partial charge on any atom is 0.320 e. The summed E-state index contributed by atoms with van der Waals surface area (Å²) >= 11 is 0. The van der Waals surface area contributed by atoms with Gasteiger partial charge in [-0.3, -0.25) is 19.6 Å². The standard InChI is InChI=1S/C27H37N3O5/c31-25(17-6-1-2-7-18-26(32)30-35)29-23-15-10-14-22(19-23)20-28-24(27(33)34)16-9-8-13-21-11-4-3-5-12-21/h3-5,10-12,14-15,19,24,28,35H,1-2,6-9,13,16-18,20H2,(H,29,31)(H,30,32)(H,33,34)/t24-/m0/s1. The molecule has 2 rings (SSSR count). The van der Waals surface area contributed by atoms with E-state index in [1.165, 1.54) is 5.56 Å². The van der Waals surface area contributed by atoms with Gasteiger partial charge in [0.05, 0.1) is 0 Å². The second kappa shape index (κ2) is 16.4. The molecule has 35 heavy (non-hydrogen) atoms. The van der Waals surface area contributed by atoms with E-state index in [9.17, 15) is 19.5 Å². The van der Waals surface area contributed by atoms with Crippen LogP contribution in [0.5, 0.6) is 0 Å². The Kier molecular flexibility index (Phi) is 13.1. The van der Waals surface area contributed by atoms with Gasteiger partial charge in [0.15, 0.2) is 0 Å². The number of carboxylic acids is 1. The molecule has 2 aromatic carbocycles. The molecule has 0 unspecified atom stereocenters. The number of amides is 2. The number of unbranched alkanes of at least 4 members (excludes halogenated alkanes) is 4. The summed E-state index contributed by atoms with van der Waals surface area (Å²) < 4.78 is 0. The van der Waals surface area contributed by atoms with E-state index in [2.05, 4.69) is 22.8 Å². The molecule has 0 aliphatic heterocycles. The van der Waals surface area contributed by atoms with Crippen LogP contribution in [-0.2, 0) is 27.3 Å². The number of carbonyl (C=O) groups excluding carboxylic acids is 2. The van der Waals surface area contributed by atoms with E-state index in [1.54, 1.807) is 5.48 Å². The Labute approximate surface area is 207 Å². The minimum Gasteiger partial charge on any atom is -0.480 e. The largest absolute Gasteiger partial charge is 0.480 e. The lowest BCUT2D eigenvalue weighted by Crippen LogP contribution is -2.36. The van der Waals surface area contributed by atoms with E-state index >= 15 is 0 Å². The van der Waals surface area contributed by atoms with Crippen molar-refractivity contribution in [3.63, 3.8) is 0 Å². The molecule has 2 aromatic rings. The predicted octanol–water partition coefficient (Wildman–Crippen LogP) is 4.43. The lowest BCUT2D eigenvalue weighted by Gasteiger charge is -2.15. The summed E-state index contributed by atoms with van der Waals surface area (Å²) in [5.74, 6) is -1.33. The fourth-order valence-corrected chi connectivity index (χ4v) is 3.84. The van der Waals surface area contributed by atoms with Gasteiger partial charge in [-0.15, -0.1) is 0 Å². The first kappa shape index (κ1) is 28.0. The number of hydrogen-bond donors (Lipinski definition) is 5. The van der Waals surface area contributed by atoms with Gasteiger partial charge in [-0.1, -0.05) is 61.7 Å². The van der Waals surface area contributed by atoms with E-state index in [1.807, 2.05) is 42.5 Å². The van der Waals surface area contributed by atoms with Gasteiger partial charge in [-0.05, 0) is 55.4 Å². The van der Waals surface area contributed by atoms with E-state index in [0.29, 0.717) is 31.5 Å². The summed E-state index contributed by atoms with van der Waals surface area (Å²) in [7, 11) is 0. The second-order valence-corrected chi connectivity index (χ2v) is 8.70. The zero-order valence-electron chi connectivity index (χ0n) is 20.2. The number of anilines is 1. The Morgan fingerprint density at radius 3 is 2.14 bits per heavy atom. The van der Waals surface area contributed by atoms with E-state index < -0.39 is 17.9 Å². The van der Waals surface area contributed by atoms with E-state index in [-0.39, 0.29) is 12.3 Å². The van der Waals surface area contributed by atoms with Crippen LogP contribution in [0.2, 0.25) is 0 Å². The molecule has 1 atom stereocenters. The molecule has 0 radical (unpaired) electrons. The van der Waals surface area contributed by atoms with Crippen molar-refractivity contribution >= 4 is 23.5 Å². The quantitative estimate of drug-likeness (QED) is 0.129. The fraction of sp³-hybridized carbons (Fsp3) is 0.444. The fourth-order valence-electron chi connectivity index (χ4n) is 3.84. The smallest absolute Gasteiger partial charge is 0.320 e. The molecule has 190 valence electrons. The summed E-state index contributed by atoms with van der Waals surface area (Å²) in [5.41, 5.74) is 4.46. The van der Waals surface area contributed by atoms with Crippen LogP contribution < -0.4 is 16.1 Å². The Balaban J connectivity index is 1.68. The van der Waals surface area contributed by atoms with Crippen LogP contribution in [0.4, 0.5) is 5.69 Å². The first-order valence-corrected chi connectivity index (χ1v) is 12.3. The summed E-state index contributed by atoms with van der Waals surface area (Å²) in [4.78, 5) is 34.8. The topological polar surface area (TPSA) is 128 Å². The van der Waals surface area contributed by atoms with Gasteiger partial charge in [0, 0.05) is 25.1 Å². The number of hydroxylamine groups is 1. The van der Waals surface area contributed by atoms with Crippen molar-refractivity contribution < 1.29 is 24.7 Å². The minimum absolute atomic E-state index is 0.0787. The van der Waals surface area contributed by atoms with Gasteiger partial charge in [-0.2, -0.15) is 0 Å². The number of hydrogen-bond acceptors (Lipinski definition) is 5. The van der Waals surface area contributed by atoms with Crippen LogP contribution in [0.1, 0.15) is 68.9 Å². The second-order valence-electron chi connectivity index (χ2n) is 8.70. The monoisotopic (exact) mass is 483 g/mol. The summed E-state index contributed by atoms with van der Waals surface area (Å²) in [6, 6.07) is 17.0. The normalized spacial score (nSPS) is 11.6. The average Bonchev–Trinajstić information content (AvgIpc) is 2.86. The molecule has 8 heteroatoms. The molecular formula is C27H37N3O5. The zero-order chi connectivity index (χ0) is 25.3. The highest BCUT2D eigenvalue weighted by molar-refractivity contribution is 5.90. The molecule has 0 heterocycles. The third-order valence-corrected chi connectivity index (χ3v) is 5.79. The third kappa shape index (κ3) is 12.2. The molecule has 0 fully saturated rings. The predicted molar refractivity (Wildman–Crippen MR) is 135 cm³/mol. The van der Waals surface area contributed by atoms with Crippen LogP contribution in [0.3, 0.4) is 0 Å². The number of rotatable bonds is 17. The summed E-state index contributed by atoms with van der Waals surface area (Å²) in [5, 5.41) is 24.0. The molecule has 8 nitrogen and oxygen atoms in total. The molecule has 0 aliphatic carbocycles. The Hall–Kier alpha value is -3.23. The number of nitrogens with one attached hydrogen (secondary N) is 3. The van der Waals surface area contributed by atoms with Crippen LogP contribution in [0.15, 0.2) is 54.6 Å². The van der Waals surface area contributed by atoms with E-state index in [4.69, 9.17) is 5.21 Å². The van der Waals surface area contributed by atoms with Gasteiger partial charge >= 0.3 is 5.97 Å². The van der Waals surface area contributed by atoms with E-state index in [0.717, 1.165) is 44.1 Å². The molecule has 0 saturated heterocycles. The summed E-state index contributed by atoms with van der Waals surface area (Å²) in [6.45, 7) is 0.404. The Bertz CT molecular complexity index is 920. The molecule has 2 amide bonds. The molecule has 0 aromatic heterocycles. The van der Waals surface area contributed by atoms with Gasteiger partial charge in [0.1, 0.15) is 6.04 Å². The van der Waals surface area contributed by atoms with Crippen LogP contribution in [0, 0.1) is 0 Å². The SMILES string of the molecule is O=C(CCCCCCC(=O)Nc1cccc(CN[C@@H](CCCCc2ccccc2)C(=O)O)c1)NO. The Morgan fingerprint density at radius 1 is 0.771 bits per heavy atom. The van der Waals surface area contributed by atoms with Crippen LogP contribution >= 0.6 is 0 Å². The van der Waals surface area contributed by atoms with Crippen molar-refractivity contribution in [1.82, 2.24) is 10.8 Å². The number of carbonyl (C=O) groups is 3. The highest BCUT2D eigenvalue weighted by atomic mass is 16.5. The number of benzene rings is 2. The number of aryl methyl sites for hydroxylation is 1. The zero-order valence-corrected chi connectivity index (χ0v) is 20.2. The first-order chi connectivity index (χ1) is 17.0. The third-order valence-electron chi connectivity index (χ3n) is 5.79. The van der Waals surface area contributed by atoms with Crippen molar-refractivity contribution in [2.45, 2.75) is 76.8 Å². The van der Waals surface area contributed by atoms with Gasteiger partial charge < -0.3 is 15.7 Å². The van der Waals surface area contributed by atoms with Crippen molar-refractivity contribution in [3.05, 3.63) is 65.7 Å². The molecular weight excluding hydrogens is 446 g/mol. The molecule has 0 aliphatic rings. The minimum atomic E-state index is -0.855. The van der Waals surface area contributed by atoms with Crippen molar-refractivity contribution in [2.75, 3.05) is 5.32 Å². The van der Waals surface area contributed by atoms with Gasteiger partial charge in [-0.25, -0.2) is 5.48 Å². The highest BCUT2D eigenvalue weighted by Crippen LogP contribution is 2.14. The highest BCUT2D eigenvalue weighted by Gasteiger charge is 2.16. The molecule has 0 saturated carbocycles. The number of carboxylic acid groups (broad SMARTS) is 1. The van der Waals surface area contributed by atoms with Gasteiger partial charge in [0.2, 0.25) is 11.8 Å². The Morgan fingerprint density at radius 2 is 1.46 bits per heavy atom.